The summed E-state index contributed by atoms with van der Waals surface area (Å²) >= 11 is 0. The van der Waals surface area contributed by atoms with Crippen molar-refractivity contribution in [3.63, 3.8) is 0 Å². The minimum absolute atomic E-state index is 0.0171. The number of phenolic OH excluding ortho intramolecular Hbond substituents is 2. The lowest BCUT2D eigenvalue weighted by molar-refractivity contribution is -0.141. The van der Waals surface area contributed by atoms with E-state index in [9.17, 15) is 19.8 Å². The highest BCUT2D eigenvalue weighted by Gasteiger charge is 2.34. The van der Waals surface area contributed by atoms with E-state index < -0.39 is 17.9 Å². The summed E-state index contributed by atoms with van der Waals surface area (Å²) in [5, 5.41) is 34.5. The summed E-state index contributed by atoms with van der Waals surface area (Å²) in [6.45, 7) is 0. The van der Waals surface area contributed by atoms with E-state index in [0.29, 0.717) is 23.3 Å². The molecule has 1 aliphatic heterocycles. The molecule has 3 rings (SSSR count). The summed E-state index contributed by atoms with van der Waals surface area (Å²) < 4.78 is 5.12. The van der Waals surface area contributed by atoms with Crippen molar-refractivity contribution in [1.29, 1.82) is 0 Å². The van der Waals surface area contributed by atoms with Gasteiger partial charge in [-0.3, -0.25) is 9.59 Å². The summed E-state index contributed by atoms with van der Waals surface area (Å²) in [5.41, 5.74) is 1.74. The van der Waals surface area contributed by atoms with Crippen LogP contribution in [0.15, 0.2) is 47.6 Å². The van der Waals surface area contributed by atoms with Gasteiger partial charge in [0.1, 0.15) is 5.75 Å². The number of rotatable bonds is 6. The maximum atomic E-state index is 12.6. The van der Waals surface area contributed by atoms with Gasteiger partial charge < -0.3 is 20.1 Å². The first-order chi connectivity index (χ1) is 13.4. The number of carbonyl (C=O) groups is 2. The van der Waals surface area contributed by atoms with E-state index in [1.165, 1.54) is 24.3 Å². The lowest BCUT2D eigenvalue weighted by atomic mass is 9.97. The first-order valence-electron chi connectivity index (χ1n) is 8.67. The summed E-state index contributed by atoms with van der Waals surface area (Å²) in [4.78, 5) is 23.4. The van der Waals surface area contributed by atoms with E-state index in [-0.39, 0.29) is 30.1 Å². The largest absolute Gasteiger partial charge is 0.508 e. The molecular formula is C20H20N2O6. The minimum atomic E-state index is -1.07. The molecule has 2 aromatic rings. The molecule has 0 fully saturated rings. The molecule has 0 radical (unpaired) electrons. The number of carboxylic acids is 1. The second-order valence-corrected chi connectivity index (χ2v) is 6.34. The second kappa shape index (κ2) is 7.99. The number of aromatic hydroxyl groups is 2. The normalized spacial score (nSPS) is 16.0. The SMILES string of the molecule is COc1cc(C2=NN(C(=O)CCC(=O)O)[C@@H](c3ccccc3O)C2)ccc1O. The Morgan fingerprint density at radius 1 is 1.14 bits per heavy atom. The van der Waals surface area contributed by atoms with Crippen molar-refractivity contribution in [3.05, 3.63) is 53.6 Å². The molecule has 0 saturated heterocycles. The quantitative estimate of drug-likeness (QED) is 0.704. The fraction of sp³-hybridized carbons (Fsp3) is 0.250. The smallest absolute Gasteiger partial charge is 0.303 e. The second-order valence-electron chi connectivity index (χ2n) is 6.34. The van der Waals surface area contributed by atoms with Gasteiger partial charge in [0, 0.05) is 24.0 Å². The highest BCUT2D eigenvalue weighted by atomic mass is 16.5. The number of hydrazone groups is 1. The lowest BCUT2D eigenvalue weighted by Gasteiger charge is -2.22. The molecule has 8 nitrogen and oxygen atoms in total. The summed E-state index contributed by atoms with van der Waals surface area (Å²) in [6.07, 6.45) is -0.180. The van der Waals surface area contributed by atoms with Crippen molar-refractivity contribution in [2.45, 2.75) is 25.3 Å². The summed E-state index contributed by atoms with van der Waals surface area (Å²) in [5.74, 6) is -1.23. The predicted molar refractivity (Wildman–Crippen MR) is 100 cm³/mol. The molecule has 8 heteroatoms. The fourth-order valence-electron chi connectivity index (χ4n) is 3.11. The van der Waals surface area contributed by atoms with Gasteiger partial charge in [0.2, 0.25) is 5.91 Å². The van der Waals surface area contributed by atoms with Crippen molar-refractivity contribution < 1.29 is 29.6 Å². The van der Waals surface area contributed by atoms with E-state index in [1.807, 2.05) is 0 Å². The Hall–Kier alpha value is -3.55. The van der Waals surface area contributed by atoms with E-state index in [0.717, 1.165) is 0 Å². The number of benzene rings is 2. The van der Waals surface area contributed by atoms with Crippen LogP contribution in [0.2, 0.25) is 0 Å². The Labute approximate surface area is 161 Å². The highest BCUT2D eigenvalue weighted by molar-refractivity contribution is 6.03. The van der Waals surface area contributed by atoms with Gasteiger partial charge in [-0.1, -0.05) is 18.2 Å². The van der Waals surface area contributed by atoms with Crippen LogP contribution in [0, 0.1) is 0 Å². The zero-order chi connectivity index (χ0) is 20.3. The number of methoxy groups -OCH3 is 1. The third kappa shape index (κ3) is 3.90. The Kier molecular flexibility index (Phi) is 5.49. The lowest BCUT2D eigenvalue weighted by Crippen LogP contribution is -2.27. The Balaban J connectivity index is 1.96. The van der Waals surface area contributed by atoms with Crippen LogP contribution >= 0.6 is 0 Å². The molecule has 1 heterocycles. The molecule has 1 atom stereocenters. The van der Waals surface area contributed by atoms with Gasteiger partial charge in [0.25, 0.3) is 0 Å². The molecule has 0 bridgehead atoms. The van der Waals surface area contributed by atoms with Gasteiger partial charge in [0.05, 0.1) is 25.3 Å². The van der Waals surface area contributed by atoms with Crippen molar-refractivity contribution in [2.24, 2.45) is 5.10 Å². The van der Waals surface area contributed by atoms with Gasteiger partial charge in [-0.15, -0.1) is 0 Å². The van der Waals surface area contributed by atoms with E-state index >= 15 is 0 Å². The molecule has 146 valence electrons. The molecule has 0 aromatic heterocycles. The molecule has 0 unspecified atom stereocenters. The van der Waals surface area contributed by atoms with Crippen LogP contribution < -0.4 is 4.74 Å². The zero-order valence-electron chi connectivity index (χ0n) is 15.2. The van der Waals surface area contributed by atoms with Crippen molar-refractivity contribution in [2.75, 3.05) is 7.11 Å². The van der Waals surface area contributed by atoms with Crippen molar-refractivity contribution >= 4 is 17.6 Å². The fourth-order valence-corrected chi connectivity index (χ4v) is 3.11. The standard InChI is InChI=1S/C20H20N2O6/c1-28-18-10-12(6-7-17(18)24)14-11-15(13-4-2-3-5-16(13)23)22(21-14)19(25)8-9-20(26)27/h2-7,10,15,23-24H,8-9,11H2,1H3,(H,26,27)/t15-/m1/s1. The predicted octanol–water partition coefficient (Wildman–Crippen LogP) is 2.65. The zero-order valence-corrected chi connectivity index (χ0v) is 15.2. The van der Waals surface area contributed by atoms with Gasteiger partial charge in [-0.05, 0) is 24.3 Å². The Morgan fingerprint density at radius 3 is 2.57 bits per heavy atom. The molecule has 2 aromatic carbocycles. The molecular weight excluding hydrogens is 364 g/mol. The first kappa shape index (κ1) is 19.2. The van der Waals surface area contributed by atoms with Gasteiger partial charge in [0.15, 0.2) is 11.5 Å². The van der Waals surface area contributed by atoms with Crippen LogP contribution in [0.3, 0.4) is 0 Å². The topological polar surface area (TPSA) is 120 Å². The van der Waals surface area contributed by atoms with E-state index in [4.69, 9.17) is 9.84 Å². The average Bonchev–Trinajstić information content (AvgIpc) is 3.12. The van der Waals surface area contributed by atoms with E-state index in [1.54, 1.807) is 30.3 Å². The number of hydrogen-bond donors (Lipinski definition) is 3. The first-order valence-corrected chi connectivity index (χ1v) is 8.67. The van der Waals surface area contributed by atoms with Crippen LogP contribution in [0.25, 0.3) is 0 Å². The molecule has 0 spiro atoms. The number of phenols is 2. The Bertz CT molecular complexity index is 940. The van der Waals surface area contributed by atoms with Gasteiger partial charge >= 0.3 is 5.97 Å². The number of para-hydroxylation sites is 1. The van der Waals surface area contributed by atoms with Crippen LogP contribution in [0.1, 0.15) is 36.4 Å². The number of hydrogen-bond acceptors (Lipinski definition) is 6. The minimum Gasteiger partial charge on any atom is -0.508 e. The molecule has 1 amide bonds. The number of amides is 1. The maximum Gasteiger partial charge on any atom is 0.303 e. The van der Waals surface area contributed by atoms with Gasteiger partial charge in [-0.25, -0.2) is 5.01 Å². The number of carboxylic acid groups (broad SMARTS) is 1. The average molecular weight is 384 g/mol. The van der Waals surface area contributed by atoms with Crippen LogP contribution in [-0.2, 0) is 9.59 Å². The van der Waals surface area contributed by atoms with Crippen LogP contribution in [0.4, 0.5) is 0 Å². The number of aliphatic carboxylic acids is 1. The Morgan fingerprint density at radius 2 is 1.89 bits per heavy atom. The summed E-state index contributed by atoms with van der Waals surface area (Å²) in [6, 6.07) is 10.8. The summed E-state index contributed by atoms with van der Waals surface area (Å²) in [7, 11) is 1.43. The molecule has 0 aliphatic carbocycles. The molecule has 3 N–H and O–H groups in total. The molecule has 1 aliphatic rings. The highest BCUT2D eigenvalue weighted by Crippen LogP contribution is 2.38. The van der Waals surface area contributed by atoms with Crippen molar-refractivity contribution in [3.8, 4) is 17.2 Å². The molecule has 28 heavy (non-hydrogen) atoms. The van der Waals surface area contributed by atoms with Crippen molar-refractivity contribution in [1.82, 2.24) is 5.01 Å². The monoisotopic (exact) mass is 384 g/mol. The van der Waals surface area contributed by atoms with E-state index in [2.05, 4.69) is 5.10 Å². The van der Waals surface area contributed by atoms with Crippen LogP contribution in [-0.4, -0.2) is 45.0 Å². The number of carbonyl (C=O) groups excluding carboxylic acids is 1. The maximum absolute atomic E-state index is 12.6. The third-order valence-corrected chi connectivity index (χ3v) is 4.53. The number of nitrogens with zero attached hydrogens (tertiary/aromatic N) is 2. The number of ether oxygens (including phenoxy) is 1. The molecule has 0 saturated carbocycles. The van der Waals surface area contributed by atoms with Crippen LogP contribution in [0.5, 0.6) is 17.2 Å². The third-order valence-electron chi connectivity index (χ3n) is 4.53. The van der Waals surface area contributed by atoms with Gasteiger partial charge in [-0.2, -0.15) is 5.10 Å².